The maximum absolute atomic E-state index is 4.82. The van der Waals surface area contributed by atoms with Crippen LogP contribution in [0.5, 0.6) is 0 Å². The molecule has 0 aliphatic carbocycles. The molecule has 2 unspecified atom stereocenters. The number of aliphatic imine (C=N–C) groups is 1. The summed E-state index contributed by atoms with van der Waals surface area (Å²) >= 11 is 5.31. The van der Waals surface area contributed by atoms with Crippen molar-refractivity contribution in [2.75, 3.05) is 5.75 Å². The molecule has 0 bridgehead atoms. The van der Waals surface area contributed by atoms with Gasteiger partial charge in [0.1, 0.15) is 0 Å². The third-order valence-electron chi connectivity index (χ3n) is 3.42. The lowest BCUT2D eigenvalue weighted by atomic mass is 10.0. The summed E-state index contributed by atoms with van der Waals surface area (Å²) in [6.45, 7) is 6.69. The average molecular weight is 341 g/mol. The summed E-state index contributed by atoms with van der Waals surface area (Å²) in [6.07, 6.45) is 1.19. The molecule has 1 N–H and O–H groups in total. The summed E-state index contributed by atoms with van der Waals surface area (Å²) in [5.41, 5.74) is 1.29. The molecule has 4 heteroatoms. The Hall–Kier alpha value is -0.480. The van der Waals surface area contributed by atoms with Crippen molar-refractivity contribution in [3.05, 3.63) is 34.3 Å². The van der Waals surface area contributed by atoms with Crippen LogP contribution in [-0.2, 0) is 0 Å². The zero-order valence-electron chi connectivity index (χ0n) is 11.7. The van der Waals surface area contributed by atoms with Crippen LogP contribution in [0.2, 0.25) is 0 Å². The number of hydrogen-bond acceptors (Lipinski definition) is 3. The van der Waals surface area contributed by atoms with Gasteiger partial charge in [0.15, 0.2) is 5.17 Å². The van der Waals surface area contributed by atoms with Crippen LogP contribution in [0, 0.1) is 5.92 Å². The van der Waals surface area contributed by atoms with E-state index in [2.05, 4.69) is 66.3 Å². The van der Waals surface area contributed by atoms with Crippen molar-refractivity contribution >= 4 is 32.9 Å². The van der Waals surface area contributed by atoms with Crippen molar-refractivity contribution in [3.63, 3.8) is 0 Å². The van der Waals surface area contributed by atoms with E-state index in [-0.39, 0.29) is 0 Å². The van der Waals surface area contributed by atoms with Crippen LogP contribution >= 0.6 is 27.7 Å². The van der Waals surface area contributed by atoms with Crippen molar-refractivity contribution < 1.29 is 0 Å². The second-order valence-corrected chi connectivity index (χ2v) is 7.30. The minimum absolute atomic E-state index is 0.297. The van der Waals surface area contributed by atoms with Gasteiger partial charge in [0.25, 0.3) is 0 Å². The number of nitrogens with one attached hydrogen (secondary N) is 1. The molecule has 1 heterocycles. The molecule has 2 rings (SSSR count). The Kier molecular flexibility index (Phi) is 5.34. The second-order valence-electron chi connectivity index (χ2n) is 5.30. The molecule has 1 aliphatic rings. The number of halogens is 1. The van der Waals surface area contributed by atoms with E-state index in [9.17, 15) is 0 Å². The smallest absolute Gasteiger partial charge is 0.157 e. The minimum Gasteiger partial charge on any atom is -0.358 e. The Bertz CT molecular complexity index is 442. The molecule has 104 valence electrons. The van der Waals surface area contributed by atoms with E-state index in [4.69, 9.17) is 4.99 Å². The molecule has 0 amide bonds. The van der Waals surface area contributed by atoms with E-state index in [0.717, 1.165) is 9.64 Å². The van der Waals surface area contributed by atoms with E-state index in [1.54, 1.807) is 0 Å². The quantitative estimate of drug-likeness (QED) is 0.868. The molecule has 0 fully saturated rings. The molecule has 0 saturated heterocycles. The average Bonchev–Trinajstić information content (AvgIpc) is 2.39. The first-order chi connectivity index (χ1) is 9.06. The molecule has 19 heavy (non-hydrogen) atoms. The Labute approximate surface area is 128 Å². The lowest BCUT2D eigenvalue weighted by Gasteiger charge is -2.25. The third kappa shape index (κ3) is 4.25. The first-order valence-corrected chi connectivity index (χ1v) is 8.56. The first kappa shape index (κ1) is 14.9. The van der Waals surface area contributed by atoms with Crippen LogP contribution in [0.25, 0.3) is 0 Å². The number of amidine groups is 1. The number of rotatable bonds is 3. The van der Waals surface area contributed by atoms with Crippen molar-refractivity contribution in [1.29, 1.82) is 0 Å². The summed E-state index contributed by atoms with van der Waals surface area (Å²) in [6, 6.07) is 9.23. The Morgan fingerprint density at radius 2 is 1.95 bits per heavy atom. The molecule has 2 nitrogen and oxygen atoms in total. The zero-order valence-corrected chi connectivity index (χ0v) is 14.1. The summed E-state index contributed by atoms with van der Waals surface area (Å²) in [5, 5.41) is 4.63. The number of nitrogens with zero attached hydrogens (tertiary/aromatic N) is 1. The van der Waals surface area contributed by atoms with Crippen LogP contribution in [0.15, 0.2) is 33.7 Å². The molecule has 0 spiro atoms. The highest BCUT2D eigenvalue weighted by Gasteiger charge is 2.19. The highest BCUT2D eigenvalue weighted by molar-refractivity contribution is 9.10. The fourth-order valence-electron chi connectivity index (χ4n) is 2.11. The van der Waals surface area contributed by atoms with Crippen molar-refractivity contribution in [1.82, 2.24) is 5.32 Å². The maximum atomic E-state index is 4.82. The monoisotopic (exact) mass is 340 g/mol. The largest absolute Gasteiger partial charge is 0.358 e. The minimum atomic E-state index is 0.297. The van der Waals surface area contributed by atoms with Gasteiger partial charge in [-0.1, -0.05) is 53.7 Å². The van der Waals surface area contributed by atoms with E-state index < -0.39 is 0 Å². The first-order valence-electron chi connectivity index (χ1n) is 6.79. The molecule has 1 aromatic rings. The van der Waals surface area contributed by atoms with Crippen molar-refractivity contribution in [2.24, 2.45) is 10.9 Å². The molecule has 0 radical (unpaired) electrons. The highest BCUT2D eigenvalue weighted by Crippen LogP contribution is 2.24. The Morgan fingerprint density at radius 1 is 1.26 bits per heavy atom. The fraction of sp³-hybridized carbons (Fsp3) is 0.533. The van der Waals surface area contributed by atoms with Gasteiger partial charge >= 0.3 is 0 Å². The van der Waals surface area contributed by atoms with Crippen LogP contribution in [0.4, 0.5) is 0 Å². The number of thioether (sulfide) groups is 1. The van der Waals surface area contributed by atoms with Crippen LogP contribution in [0.3, 0.4) is 0 Å². The SMILES string of the molecule is CC(NC1=NC(C(C)C)CCS1)c1ccc(Br)cc1. The topological polar surface area (TPSA) is 24.4 Å². The van der Waals surface area contributed by atoms with Gasteiger partial charge < -0.3 is 5.32 Å². The maximum Gasteiger partial charge on any atom is 0.157 e. The lowest BCUT2D eigenvalue weighted by Crippen LogP contribution is -2.30. The lowest BCUT2D eigenvalue weighted by molar-refractivity contribution is 0.482. The van der Waals surface area contributed by atoms with Crippen LogP contribution < -0.4 is 5.32 Å². The van der Waals surface area contributed by atoms with E-state index in [0.29, 0.717) is 18.0 Å². The number of hydrogen-bond donors (Lipinski definition) is 1. The highest BCUT2D eigenvalue weighted by atomic mass is 79.9. The Morgan fingerprint density at radius 3 is 2.58 bits per heavy atom. The van der Waals surface area contributed by atoms with E-state index in [1.807, 2.05) is 11.8 Å². The fourth-order valence-corrected chi connectivity index (χ4v) is 3.40. The molecular formula is C15H21BrN2S. The molecule has 0 aromatic heterocycles. The van der Waals surface area contributed by atoms with Gasteiger partial charge in [-0.15, -0.1) is 0 Å². The summed E-state index contributed by atoms with van der Waals surface area (Å²) < 4.78 is 1.12. The predicted molar refractivity (Wildman–Crippen MR) is 88.8 cm³/mol. The molecule has 2 atom stereocenters. The molecule has 0 saturated carbocycles. The van der Waals surface area contributed by atoms with Gasteiger partial charge in [-0.05, 0) is 37.0 Å². The normalized spacial score (nSPS) is 21.1. The standard InChI is InChI=1S/C15H21BrN2S/c1-10(2)14-8-9-19-15(18-14)17-11(3)12-4-6-13(16)7-5-12/h4-7,10-11,14H,8-9H2,1-3H3,(H,17,18). The van der Waals surface area contributed by atoms with E-state index in [1.165, 1.54) is 17.7 Å². The zero-order chi connectivity index (χ0) is 13.8. The summed E-state index contributed by atoms with van der Waals surface area (Å²) in [4.78, 5) is 4.82. The van der Waals surface area contributed by atoms with Crippen molar-refractivity contribution in [2.45, 2.75) is 39.3 Å². The van der Waals surface area contributed by atoms with Gasteiger partial charge in [-0.25, -0.2) is 0 Å². The third-order valence-corrected chi connectivity index (χ3v) is 4.88. The van der Waals surface area contributed by atoms with Gasteiger partial charge in [-0.3, -0.25) is 4.99 Å². The van der Waals surface area contributed by atoms with Crippen LogP contribution in [-0.4, -0.2) is 17.0 Å². The van der Waals surface area contributed by atoms with Gasteiger partial charge in [0, 0.05) is 10.2 Å². The summed E-state index contributed by atoms with van der Waals surface area (Å²) in [7, 11) is 0. The molecule has 1 aromatic carbocycles. The summed E-state index contributed by atoms with van der Waals surface area (Å²) in [5.74, 6) is 1.79. The number of benzene rings is 1. The predicted octanol–water partition coefficient (Wildman–Crippen LogP) is 4.62. The van der Waals surface area contributed by atoms with Gasteiger partial charge in [0.05, 0.1) is 12.1 Å². The van der Waals surface area contributed by atoms with Crippen LogP contribution in [0.1, 0.15) is 38.8 Å². The molecular weight excluding hydrogens is 320 g/mol. The Balaban J connectivity index is 2.02. The van der Waals surface area contributed by atoms with Gasteiger partial charge in [0.2, 0.25) is 0 Å². The van der Waals surface area contributed by atoms with E-state index >= 15 is 0 Å². The van der Waals surface area contributed by atoms with Crippen molar-refractivity contribution in [3.8, 4) is 0 Å². The second kappa shape index (κ2) is 6.80. The van der Waals surface area contributed by atoms with Gasteiger partial charge in [-0.2, -0.15) is 0 Å². The molecule has 1 aliphatic heterocycles.